The van der Waals surface area contributed by atoms with Crippen LogP contribution in [0.5, 0.6) is 0 Å². The smallest absolute Gasteiger partial charge is 0.313 e. The first-order valence-corrected chi connectivity index (χ1v) is 8.34. The number of hydrogen-bond donors (Lipinski definition) is 1. The van der Waals surface area contributed by atoms with Crippen LogP contribution < -0.4 is 5.32 Å². The van der Waals surface area contributed by atoms with Gasteiger partial charge < -0.3 is 5.32 Å². The second-order valence-corrected chi connectivity index (χ2v) is 6.18. The van der Waals surface area contributed by atoms with Gasteiger partial charge in [0.05, 0.1) is 5.92 Å². The van der Waals surface area contributed by atoms with Crippen LogP contribution in [0, 0.1) is 5.92 Å². The van der Waals surface area contributed by atoms with Gasteiger partial charge >= 0.3 is 6.18 Å². The van der Waals surface area contributed by atoms with E-state index < -0.39 is 12.1 Å². The van der Waals surface area contributed by atoms with Crippen molar-refractivity contribution in [2.24, 2.45) is 5.92 Å². The van der Waals surface area contributed by atoms with Gasteiger partial charge in [-0.05, 0) is 19.3 Å². The van der Waals surface area contributed by atoms with Crippen molar-refractivity contribution in [3.8, 4) is 0 Å². The Bertz CT molecular complexity index is 232. The van der Waals surface area contributed by atoms with Crippen LogP contribution in [0.2, 0.25) is 0 Å². The molecule has 20 heavy (non-hydrogen) atoms. The molecule has 0 aliphatic carbocycles. The lowest BCUT2D eigenvalue weighted by molar-refractivity contribution is -0.179. The number of hydrogen-bond acceptors (Lipinski definition) is 1. The maximum Gasteiger partial charge on any atom is 0.393 e. The Hall–Kier alpha value is -0.250. The van der Waals surface area contributed by atoms with Crippen molar-refractivity contribution < 1.29 is 13.2 Å². The van der Waals surface area contributed by atoms with E-state index >= 15 is 0 Å². The van der Waals surface area contributed by atoms with Crippen LogP contribution in [0.4, 0.5) is 13.2 Å². The summed E-state index contributed by atoms with van der Waals surface area (Å²) in [5, 5.41) is 3.07. The fraction of sp³-hybridized carbons (Fsp3) is 1.00. The quantitative estimate of drug-likeness (QED) is 0.557. The molecule has 0 aromatic heterocycles. The fourth-order valence-electron chi connectivity index (χ4n) is 2.97. The highest BCUT2D eigenvalue weighted by Gasteiger charge is 2.41. The largest absolute Gasteiger partial charge is 0.393 e. The van der Waals surface area contributed by atoms with Crippen molar-refractivity contribution in [2.45, 2.75) is 89.8 Å². The molecular formula is C16H30F3N. The average molecular weight is 293 g/mol. The third-order valence-electron chi connectivity index (χ3n) is 4.39. The molecule has 0 bridgehead atoms. The monoisotopic (exact) mass is 293 g/mol. The molecule has 2 unspecified atom stereocenters. The molecular weight excluding hydrogens is 263 g/mol. The van der Waals surface area contributed by atoms with Gasteiger partial charge in [-0.2, -0.15) is 13.2 Å². The topological polar surface area (TPSA) is 12.0 Å². The van der Waals surface area contributed by atoms with Crippen molar-refractivity contribution in [1.82, 2.24) is 5.32 Å². The summed E-state index contributed by atoms with van der Waals surface area (Å²) >= 11 is 0. The molecule has 120 valence electrons. The van der Waals surface area contributed by atoms with Gasteiger partial charge in [-0.3, -0.25) is 0 Å². The molecule has 1 nitrogen and oxygen atoms in total. The molecule has 0 aromatic rings. The van der Waals surface area contributed by atoms with Gasteiger partial charge in [0, 0.05) is 12.6 Å². The van der Waals surface area contributed by atoms with E-state index in [2.05, 4.69) is 12.2 Å². The molecule has 4 heteroatoms. The van der Waals surface area contributed by atoms with E-state index in [1.165, 1.54) is 44.9 Å². The Morgan fingerprint density at radius 2 is 1.50 bits per heavy atom. The van der Waals surface area contributed by atoms with E-state index in [1.807, 2.05) is 0 Å². The molecule has 1 heterocycles. The van der Waals surface area contributed by atoms with Gasteiger partial charge in [-0.1, -0.05) is 58.3 Å². The summed E-state index contributed by atoms with van der Waals surface area (Å²) in [5.74, 6) is -1.13. The molecule has 1 N–H and O–H groups in total. The molecule has 0 spiro atoms. The Labute approximate surface area is 121 Å². The Morgan fingerprint density at radius 3 is 2.00 bits per heavy atom. The lowest BCUT2D eigenvalue weighted by Gasteiger charge is -2.31. The normalized spacial score (nSPS) is 24.0. The molecule has 1 rings (SSSR count). The summed E-state index contributed by atoms with van der Waals surface area (Å²) in [7, 11) is 0. The minimum absolute atomic E-state index is 0.116. The summed E-state index contributed by atoms with van der Waals surface area (Å²) in [6.07, 6.45) is 8.29. The molecule has 2 atom stereocenters. The molecule has 0 radical (unpaired) electrons. The number of alkyl halides is 3. The van der Waals surface area contributed by atoms with E-state index in [9.17, 15) is 13.2 Å². The predicted octanol–water partition coefficient (Wildman–Crippen LogP) is 5.45. The van der Waals surface area contributed by atoms with Crippen LogP contribution in [0.1, 0.15) is 77.6 Å². The number of rotatable bonds is 9. The zero-order valence-electron chi connectivity index (χ0n) is 12.8. The van der Waals surface area contributed by atoms with Gasteiger partial charge in [0.25, 0.3) is 0 Å². The maximum absolute atomic E-state index is 12.5. The molecule has 1 aliphatic heterocycles. The van der Waals surface area contributed by atoms with Crippen LogP contribution in [0.25, 0.3) is 0 Å². The van der Waals surface area contributed by atoms with Crippen LogP contribution in [-0.4, -0.2) is 18.8 Å². The van der Waals surface area contributed by atoms with Crippen LogP contribution in [0.15, 0.2) is 0 Å². The van der Waals surface area contributed by atoms with E-state index in [0.717, 1.165) is 12.8 Å². The van der Waals surface area contributed by atoms with Crippen molar-refractivity contribution >= 4 is 0 Å². The fourth-order valence-corrected chi connectivity index (χ4v) is 2.97. The number of nitrogens with one attached hydrogen (secondary N) is 1. The third kappa shape index (κ3) is 7.51. The predicted molar refractivity (Wildman–Crippen MR) is 77.8 cm³/mol. The second-order valence-electron chi connectivity index (χ2n) is 6.18. The molecule has 0 amide bonds. The maximum atomic E-state index is 12.5. The summed E-state index contributed by atoms with van der Waals surface area (Å²) in [6.45, 7) is 2.34. The summed E-state index contributed by atoms with van der Waals surface area (Å²) < 4.78 is 37.5. The molecule has 1 saturated heterocycles. The van der Waals surface area contributed by atoms with Crippen molar-refractivity contribution in [3.05, 3.63) is 0 Å². The van der Waals surface area contributed by atoms with E-state index in [1.54, 1.807) is 0 Å². The van der Waals surface area contributed by atoms with Crippen LogP contribution >= 0.6 is 0 Å². The van der Waals surface area contributed by atoms with Crippen molar-refractivity contribution in [3.63, 3.8) is 0 Å². The zero-order chi connectivity index (χ0) is 14.8. The van der Waals surface area contributed by atoms with Crippen LogP contribution in [-0.2, 0) is 0 Å². The van der Waals surface area contributed by atoms with Crippen molar-refractivity contribution in [1.29, 1.82) is 0 Å². The van der Waals surface area contributed by atoms with Crippen molar-refractivity contribution in [2.75, 3.05) is 6.54 Å². The second kappa shape index (κ2) is 9.64. The van der Waals surface area contributed by atoms with Gasteiger partial charge in [0.1, 0.15) is 0 Å². The zero-order valence-corrected chi connectivity index (χ0v) is 12.8. The first-order valence-electron chi connectivity index (χ1n) is 8.34. The summed E-state index contributed by atoms with van der Waals surface area (Å²) in [6, 6.07) is 0.314. The van der Waals surface area contributed by atoms with E-state index in [-0.39, 0.29) is 6.54 Å². The van der Waals surface area contributed by atoms with Crippen LogP contribution in [0.3, 0.4) is 0 Å². The third-order valence-corrected chi connectivity index (χ3v) is 4.39. The minimum atomic E-state index is -4.02. The highest BCUT2D eigenvalue weighted by Crippen LogP contribution is 2.32. The summed E-state index contributed by atoms with van der Waals surface area (Å²) in [5.41, 5.74) is 0. The van der Waals surface area contributed by atoms with Gasteiger partial charge in [0.2, 0.25) is 0 Å². The minimum Gasteiger partial charge on any atom is -0.313 e. The van der Waals surface area contributed by atoms with E-state index in [0.29, 0.717) is 18.9 Å². The highest BCUT2D eigenvalue weighted by molar-refractivity contribution is 4.81. The molecule has 1 fully saturated rings. The standard InChI is InChI=1S/C16H30F3N/c1-2-3-4-5-6-7-8-9-10-15-12-11-14(13-20-15)16(17,18)19/h14-15,20H,2-13H2,1H3. The van der Waals surface area contributed by atoms with Gasteiger partial charge in [-0.25, -0.2) is 0 Å². The lowest BCUT2D eigenvalue weighted by atomic mass is 9.91. The average Bonchev–Trinajstić information content (AvgIpc) is 2.41. The Morgan fingerprint density at radius 1 is 0.900 bits per heavy atom. The number of halogens is 3. The summed E-state index contributed by atoms with van der Waals surface area (Å²) in [4.78, 5) is 0. The Kier molecular flexibility index (Phi) is 8.58. The molecule has 0 aromatic carbocycles. The molecule has 1 aliphatic rings. The number of unbranched alkanes of at least 4 members (excludes halogenated alkanes) is 7. The SMILES string of the molecule is CCCCCCCCCCC1CCC(C(F)(F)F)CN1. The number of piperidine rings is 1. The van der Waals surface area contributed by atoms with E-state index in [4.69, 9.17) is 0 Å². The van der Waals surface area contributed by atoms with Gasteiger partial charge in [0.15, 0.2) is 0 Å². The lowest BCUT2D eigenvalue weighted by Crippen LogP contribution is -2.44. The van der Waals surface area contributed by atoms with Gasteiger partial charge in [-0.15, -0.1) is 0 Å². The first kappa shape index (κ1) is 17.8. The highest BCUT2D eigenvalue weighted by atomic mass is 19.4. The Balaban J connectivity index is 1.94. The molecule has 0 saturated carbocycles. The first-order chi connectivity index (χ1) is 9.54.